The number of rotatable bonds is 4. The number of likely N-dealkylation sites (tertiary alicyclic amines) is 1. The van der Waals surface area contributed by atoms with Crippen molar-refractivity contribution in [3.8, 4) is 0 Å². The summed E-state index contributed by atoms with van der Waals surface area (Å²) >= 11 is 0. The monoisotopic (exact) mass is 272 g/mol. The molecule has 1 N–H and O–H groups in total. The van der Waals surface area contributed by atoms with E-state index in [2.05, 4.69) is 41.4 Å². The van der Waals surface area contributed by atoms with Gasteiger partial charge >= 0.3 is 0 Å². The van der Waals surface area contributed by atoms with Crippen LogP contribution in [0.25, 0.3) is 0 Å². The second-order valence-electron chi connectivity index (χ2n) is 6.43. The van der Waals surface area contributed by atoms with Crippen LogP contribution in [0.4, 0.5) is 0 Å². The van der Waals surface area contributed by atoms with Crippen molar-refractivity contribution in [2.24, 2.45) is 0 Å². The van der Waals surface area contributed by atoms with Gasteiger partial charge < -0.3 is 10.2 Å². The van der Waals surface area contributed by atoms with E-state index in [9.17, 15) is 0 Å². The summed E-state index contributed by atoms with van der Waals surface area (Å²) in [6.07, 6.45) is 7.84. The van der Waals surface area contributed by atoms with Crippen molar-refractivity contribution in [3.05, 3.63) is 35.4 Å². The number of piperidine rings is 1. The topological polar surface area (TPSA) is 15.3 Å². The van der Waals surface area contributed by atoms with Gasteiger partial charge in [-0.2, -0.15) is 0 Å². The Morgan fingerprint density at radius 1 is 1.15 bits per heavy atom. The van der Waals surface area contributed by atoms with Crippen LogP contribution in [-0.4, -0.2) is 30.6 Å². The third kappa shape index (κ3) is 3.24. The molecule has 1 aliphatic carbocycles. The second-order valence-corrected chi connectivity index (χ2v) is 6.43. The zero-order valence-electron chi connectivity index (χ0n) is 12.8. The maximum atomic E-state index is 3.95. The van der Waals surface area contributed by atoms with Crippen LogP contribution in [0.1, 0.15) is 56.2 Å². The average Bonchev–Trinajstić information content (AvgIpc) is 2.50. The summed E-state index contributed by atoms with van der Waals surface area (Å²) < 4.78 is 0. The molecule has 0 spiro atoms. The van der Waals surface area contributed by atoms with E-state index in [0.29, 0.717) is 6.04 Å². The molecule has 0 bridgehead atoms. The van der Waals surface area contributed by atoms with E-state index in [1.807, 2.05) is 0 Å². The fraction of sp³-hybridized carbons (Fsp3) is 0.667. The number of benzene rings is 1. The number of nitrogens with one attached hydrogen (secondary N) is 1. The van der Waals surface area contributed by atoms with E-state index in [4.69, 9.17) is 0 Å². The lowest BCUT2D eigenvalue weighted by Gasteiger charge is -2.36. The van der Waals surface area contributed by atoms with Crippen LogP contribution in [0.2, 0.25) is 0 Å². The van der Waals surface area contributed by atoms with Gasteiger partial charge in [0.25, 0.3) is 0 Å². The number of hydrogen-bond donors (Lipinski definition) is 1. The summed E-state index contributed by atoms with van der Waals surface area (Å²) in [5, 5.41) is 3.95. The molecule has 0 saturated carbocycles. The molecular formula is C18H28N2. The Morgan fingerprint density at radius 3 is 2.75 bits per heavy atom. The van der Waals surface area contributed by atoms with Crippen molar-refractivity contribution in [1.82, 2.24) is 10.2 Å². The number of fused-ring (bicyclic) bond motifs is 1. The van der Waals surface area contributed by atoms with E-state index < -0.39 is 0 Å². The van der Waals surface area contributed by atoms with Crippen LogP contribution in [-0.2, 0) is 6.42 Å². The summed E-state index contributed by atoms with van der Waals surface area (Å²) in [5.41, 5.74) is 3.13. The van der Waals surface area contributed by atoms with Gasteiger partial charge in [0, 0.05) is 12.1 Å². The Morgan fingerprint density at radius 2 is 1.95 bits per heavy atom. The summed E-state index contributed by atoms with van der Waals surface area (Å²) in [4.78, 5) is 2.62. The fourth-order valence-corrected chi connectivity index (χ4v) is 3.85. The molecule has 1 fully saturated rings. The predicted molar refractivity (Wildman–Crippen MR) is 85.0 cm³/mol. The molecule has 1 aromatic carbocycles. The van der Waals surface area contributed by atoms with Crippen LogP contribution in [0, 0.1) is 0 Å². The van der Waals surface area contributed by atoms with Gasteiger partial charge in [-0.25, -0.2) is 0 Å². The first kappa shape index (κ1) is 14.1. The first-order chi connectivity index (χ1) is 9.86. The Kier molecular flexibility index (Phi) is 4.74. The number of hydrogen-bond acceptors (Lipinski definition) is 2. The van der Waals surface area contributed by atoms with Crippen molar-refractivity contribution in [3.63, 3.8) is 0 Å². The zero-order valence-corrected chi connectivity index (χ0v) is 12.8. The summed E-state index contributed by atoms with van der Waals surface area (Å²) in [6.45, 7) is 6.11. The van der Waals surface area contributed by atoms with Gasteiger partial charge in [-0.15, -0.1) is 0 Å². The third-order valence-electron chi connectivity index (χ3n) is 4.93. The second kappa shape index (κ2) is 6.73. The standard InChI is InChI=1S/C18H28N2/c1-2-12-20-13-10-16(11-14-20)19-18-9-5-7-15-6-3-4-8-17(15)18/h3-4,6,8,16,18-19H,2,5,7,9-14H2,1H3/t18-/m0/s1. The average molecular weight is 272 g/mol. The summed E-state index contributed by atoms with van der Waals surface area (Å²) in [5.74, 6) is 0. The lowest BCUT2D eigenvalue weighted by molar-refractivity contribution is 0.188. The molecule has 3 rings (SSSR count). The Bertz CT molecular complexity index is 421. The molecule has 1 aliphatic heterocycles. The molecule has 0 aromatic heterocycles. The maximum absolute atomic E-state index is 3.95. The van der Waals surface area contributed by atoms with Crippen molar-refractivity contribution in [1.29, 1.82) is 0 Å². The molecule has 1 heterocycles. The highest BCUT2D eigenvalue weighted by atomic mass is 15.1. The van der Waals surface area contributed by atoms with Gasteiger partial charge in [0.2, 0.25) is 0 Å². The molecule has 1 aromatic rings. The lowest BCUT2D eigenvalue weighted by atomic mass is 9.87. The highest BCUT2D eigenvalue weighted by molar-refractivity contribution is 5.32. The van der Waals surface area contributed by atoms with Gasteiger partial charge in [-0.05, 0) is 69.3 Å². The van der Waals surface area contributed by atoms with E-state index in [1.54, 1.807) is 11.1 Å². The zero-order chi connectivity index (χ0) is 13.8. The van der Waals surface area contributed by atoms with Crippen LogP contribution in [0.3, 0.4) is 0 Å². The molecule has 0 amide bonds. The molecule has 2 nitrogen and oxygen atoms in total. The molecular weight excluding hydrogens is 244 g/mol. The molecule has 20 heavy (non-hydrogen) atoms. The summed E-state index contributed by atoms with van der Waals surface area (Å²) in [6, 6.07) is 10.3. The molecule has 0 unspecified atom stereocenters. The Balaban J connectivity index is 1.57. The molecule has 110 valence electrons. The normalized spacial score (nSPS) is 24.6. The van der Waals surface area contributed by atoms with Gasteiger partial charge in [0.1, 0.15) is 0 Å². The van der Waals surface area contributed by atoms with Crippen LogP contribution in [0.15, 0.2) is 24.3 Å². The van der Waals surface area contributed by atoms with Gasteiger partial charge in [-0.1, -0.05) is 31.2 Å². The Hall–Kier alpha value is -0.860. The van der Waals surface area contributed by atoms with E-state index >= 15 is 0 Å². The van der Waals surface area contributed by atoms with Crippen molar-refractivity contribution < 1.29 is 0 Å². The van der Waals surface area contributed by atoms with E-state index in [0.717, 1.165) is 6.04 Å². The van der Waals surface area contributed by atoms with Crippen LogP contribution in [0.5, 0.6) is 0 Å². The molecule has 1 atom stereocenters. The van der Waals surface area contributed by atoms with Crippen LogP contribution < -0.4 is 5.32 Å². The molecule has 2 aliphatic rings. The smallest absolute Gasteiger partial charge is 0.0325 e. The van der Waals surface area contributed by atoms with Gasteiger partial charge in [0.05, 0.1) is 0 Å². The predicted octanol–water partition coefficient (Wildman–Crippen LogP) is 3.53. The Labute approximate surface area is 123 Å². The van der Waals surface area contributed by atoms with Gasteiger partial charge in [0.15, 0.2) is 0 Å². The number of aryl methyl sites for hydroxylation is 1. The fourth-order valence-electron chi connectivity index (χ4n) is 3.85. The largest absolute Gasteiger partial charge is 0.307 e. The number of nitrogens with zero attached hydrogens (tertiary/aromatic N) is 1. The quantitative estimate of drug-likeness (QED) is 0.902. The summed E-state index contributed by atoms with van der Waals surface area (Å²) in [7, 11) is 0. The third-order valence-corrected chi connectivity index (χ3v) is 4.93. The minimum absolute atomic E-state index is 0.600. The highest BCUT2D eigenvalue weighted by Crippen LogP contribution is 2.30. The highest BCUT2D eigenvalue weighted by Gasteiger charge is 2.24. The minimum atomic E-state index is 0.600. The van der Waals surface area contributed by atoms with Crippen molar-refractivity contribution in [2.75, 3.05) is 19.6 Å². The SMILES string of the molecule is CCCN1CCC(N[C@H]2CCCc3ccccc32)CC1. The lowest BCUT2D eigenvalue weighted by Crippen LogP contribution is -2.44. The first-order valence-corrected chi connectivity index (χ1v) is 8.43. The molecule has 0 radical (unpaired) electrons. The molecule has 1 saturated heterocycles. The van der Waals surface area contributed by atoms with E-state index in [1.165, 1.54) is 58.2 Å². The van der Waals surface area contributed by atoms with Gasteiger partial charge in [-0.3, -0.25) is 0 Å². The van der Waals surface area contributed by atoms with Crippen molar-refractivity contribution >= 4 is 0 Å². The van der Waals surface area contributed by atoms with E-state index in [-0.39, 0.29) is 0 Å². The maximum Gasteiger partial charge on any atom is 0.0325 e. The first-order valence-electron chi connectivity index (χ1n) is 8.43. The van der Waals surface area contributed by atoms with Crippen molar-refractivity contribution in [2.45, 2.75) is 57.5 Å². The molecule has 2 heteroatoms. The minimum Gasteiger partial charge on any atom is -0.307 e. The van der Waals surface area contributed by atoms with Crippen LogP contribution >= 0.6 is 0 Å².